The number of amides is 2. The number of ether oxygens (including phenoxy) is 2. The van der Waals surface area contributed by atoms with E-state index in [-0.39, 0.29) is 11.8 Å². The minimum Gasteiger partial charge on any atom is -0.497 e. The molecule has 1 aliphatic rings. The van der Waals surface area contributed by atoms with Crippen LogP contribution in [0.3, 0.4) is 0 Å². The first kappa shape index (κ1) is 22.1. The number of likely N-dealkylation sites (N-methyl/N-ethyl adjacent to an activating group) is 1. The number of benzene rings is 3. The summed E-state index contributed by atoms with van der Waals surface area (Å²) in [6.07, 6.45) is 0.862. The SMILES string of the molecule is CCCOc1cccc(N2C(=O)C(c3ccc(OC)cc3)=C(N(C)c3ccccc3)C2=O)c1. The third kappa shape index (κ3) is 4.32. The number of rotatable bonds is 8. The molecule has 0 N–H and O–H groups in total. The average molecular weight is 443 g/mol. The van der Waals surface area contributed by atoms with Crippen LogP contribution in [0.25, 0.3) is 5.57 Å². The zero-order valence-corrected chi connectivity index (χ0v) is 18.9. The van der Waals surface area contributed by atoms with Gasteiger partial charge in [0, 0.05) is 18.8 Å². The summed E-state index contributed by atoms with van der Waals surface area (Å²) in [5.74, 6) is 0.526. The molecular weight excluding hydrogens is 416 g/mol. The molecule has 1 heterocycles. The molecule has 0 spiro atoms. The van der Waals surface area contributed by atoms with Gasteiger partial charge in [0.25, 0.3) is 11.8 Å². The molecule has 0 unspecified atom stereocenters. The second-order valence-electron chi connectivity index (χ2n) is 7.64. The zero-order valence-electron chi connectivity index (χ0n) is 18.9. The van der Waals surface area contributed by atoms with Crippen LogP contribution in [0.4, 0.5) is 11.4 Å². The number of hydrogen-bond acceptors (Lipinski definition) is 5. The Hall–Kier alpha value is -4.06. The molecule has 3 aromatic rings. The Morgan fingerprint density at radius 2 is 1.58 bits per heavy atom. The quantitative estimate of drug-likeness (QED) is 0.464. The van der Waals surface area contributed by atoms with Gasteiger partial charge in [0.15, 0.2) is 0 Å². The molecular formula is C27H26N2O4. The molecule has 0 aromatic heterocycles. The maximum Gasteiger partial charge on any atom is 0.282 e. The Morgan fingerprint density at radius 1 is 0.848 bits per heavy atom. The Balaban J connectivity index is 1.80. The van der Waals surface area contributed by atoms with Gasteiger partial charge in [-0.2, -0.15) is 0 Å². The predicted octanol–water partition coefficient (Wildman–Crippen LogP) is 4.90. The maximum absolute atomic E-state index is 13.7. The molecule has 0 bridgehead atoms. The van der Waals surface area contributed by atoms with Gasteiger partial charge in [-0.25, -0.2) is 4.90 Å². The summed E-state index contributed by atoms with van der Waals surface area (Å²) in [5, 5.41) is 0. The van der Waals surface area contributed by atoms with Crippen molar-refractivity contribution in [2.75, 3.05) is 30.6 Å². The molecule has 6 nitrogen and oxygen atoms in total. The monoisotopic (exact) mass is 442 g/mol. The number of hydrogen-bond donors (Lipinski definition) is 0. The van der Waals surface area contributed by atoms with Gasteiger partial charge >= 0.3 is 0 Å². The van der Waals surface area contributed by atoms with Gasteiger partial charge in [0.2, 0.25) is 0 Å². The molecule has 0 saturated carbocycles. The number of carbonyl (C=O) groups excluding carboxylic acids is 2. The van der Waals surface area contributed by atoms with Crippen molar-refractivity contribution in [3.05, 3.63) is 90.1 Å². The molecule has 33 heavy (non-hydrogen) atoms. The Labute approximate surface area is 193 Å². The van der Waals surface area contributed by atoms with Crippen molar-refractivity contribution in [3.8, 4) is 11.5 Å². The van der Waals surface area contributed by atoms with Gasteiger partial charge in [-0.1, -0.05) is 43.3 Å². The van der Waals surface area contributed by atoms with Crippen LogP contribution in [0.15, 0.2) is 84.6 Å². The van der Waals surface area contributed by atoms with Crippen LogP contribution in [0.2, 0.25) is 0 Å². The highest BCUT2D eigenvalue weighted by molar-refractivity contribution is 6.46. The molecule has 2 amide bonds. The number of para-hydroxylation sites is 1. The number of anilines is 2. The summed E-state index contributed by atoms with van der Waals surface area (Å²) >= 11 is 0. The van der Waals surface area contributed by atoms with E-state index >= 15 is 0 Å². The van der Waals surface area contributed by atoms with Crippen molar-refractivity contribution in [2.24, 2.45) is 0 Å². The van der Waals surface area contributed by atoms with Crippen molar-refractivity contribution >= 4 is 28.8 Å². The fourth-order valence-corrected chi connectivity index (χ4v) is 3.79. The highest BCUT2D eigenvalue weighted by atomic mass is 16.5. The van der Waals surface area contributed by atoms with Crippen molar-refractivity contribution in [1.82, 2.24) is 0 Å². The molecule has 6 heteroatoms. The lowest BCUT2D eigenvalue weighted by Crippen LogP contribution is -2.34. The first-order chi connectivity index (χ1) is 16.0. The van der Waals surface area contributed by atoms with Crippen LogP contribution in [-0.2, 0) is 9.59 Å². The van der Waals surface area contributed by atoms with Crippen LogP contribution in [0, 0.1) is 0 Å². The van der Waals surface area contributed by atoms with Gasteiger partial charge in [-0.05, 0) is 48.4 Å². The zero-order chi connectivity index (χ0) is 23.4. The van der Waals surface area contributed by atoms with E-state index < -0.39 is 0 Å². The lowest BCUT2D eigenvalue weighted by Gasteiger charge is -2.21. The Kier molecular flexibility index (Phi) is 6.45. The summed E-state index contributed by atoms with van der Waals surface area (Å²) in [4.78, 5) is 30.4. The standard InChI is InChI=1S/C27H26N2O4/c1-4-17-33-23-12-8-11-21(18-23)29-26(30)24(19-13-15-22(32-3)16-14-19)25(27(29)31)28(2)20-9-6-5-7-10-20/h5-16,18H,4,17H2,1-3H3. The molecule has 1 aliphatic heterocycles. The number of methoxy groups -OCH3 is 1. The van der Waals surface area contributed by atoms with Gasteiger partial charge in [-0.15, -0.1) is 0 Å². The highest BCUT2D eigenvalue weighted by Gasteiger charge is 2.42. The molecule has 0 radical (unpaired) electrons. The van der Waals surface area contributed by atoms with Crippen LogP contribution in [0.5, 0.6) is 11.5 Å². The van der Waals surface area contributed by atoms with E-state index in [0.29, 0.717) is 40.6 Å². The summed E-state index contributed by atoms with van der Waals surface area (Å²) in [7, 11) is 3.38. The lowest BCUT2D eigenvalue weighted by atomic mass is 10.0. The summed E-state index contributed by atoms with van der Waals surface area (Å²) in [5.41, 5.74) is 2.58. The fraction of sp³-hybridized carbons (Fsp3) is 0.185. The topological polar surface area (TPSA) is 59.1 Å². The maximum atomic E-state index is 13.7. The highest BCUT2D eigenvalue weighted by Crippen LogP contribution is 2.37. The lowest BCUT2D eigenvalue weighted by molar-refractivity contribution is -0.120. The summed E-state index contributed by atoms with van der Waals surface area (Å²) in [6.45, 7) is 2.58. The van der Waals surface area contributed by atoms with Crippen molar-refractivity contribution in [1.29, 1.82) is 0 Å². The molecule has 0 fully saturated rings. The average Bonchev–Trinajstić information content (AvgIpc) is 3.12. The van der Waals surface area contributed by atoms with Crippen LogP contribution >= 0.6 is 0 Å². The Bertz CT molecular complexity index is 1190. The van der Waals surface area contributed by atoms with E-state index in [1.165, 1.54) is 4.90 Å². The first-order valence-electron chi connectivity index (χ1n) is 10.8. The van der Waals surface area contributed by atoms with Crippen molar-refractivity contribution in [3.63, 3.8) is 0 Å². The normalized spacial score (nSPS) is 13.5. The third-order valence-electron chi connectivity index (χ3n) is 5.47. The molecule has 0 saturated heterocycles. The second-order valence-corrected chi connectivity index (χ2v) is 7.64. The van der Waals surface area contributed by atoms with E-state index in [1.807, 2.05) is 43.3 Å². The van der Waals surface area contributed by atoms with E-state index in [1.54, 1.807) is 61.5 Å². The van der Waals surface area contributed by atoms with Gasteiger partial charge in [0.05, 0.1) is 25.0 Å². The van der Waals surface area contributed by atoms with E-state index in [0.717, 1.165) is 12.1 Å². The van der Waals surface area contributed by atoms with Crippen LogP contribution in [-0.4, -0.2) is 32.6 Å². The Morgan fingerprint density at radius 3 is 2.24 bits per heavy atom. The van der Waals surface area contributed by atoms with E-state index in [9.17, 15) is 9.59 Å². The van der Waals surface area contributed by atoms with Gasteiger partial charge in [0.1, 0.15) is 17.2 Å². The van der Waals surface area contributed by atoms with Crippen LogP contribution < -0.4 is 19.3 Å². The number of carbonyl (C=O) groups is 2. The van der Waals surface area contributed by atoms with Crippen molar-refractivity contribution < 1.29 is 19.1 Å². The minimum absolute atomic E-state index is 0.316. The summed E-state index contributed by atoms with van der Waals surface area (Å²) in [6, 6.07) is 23.7. The minimum atomic E-state index is -0.384. The smallest absolute Gasteiger partial charge is 0.282 e. The summed E-state index contributed by atoms with van der Waals surface area (Å²) < 4.78 is 11.0. The van der Waals surface area contributed by atoms with Crippen LogP contribution in [0.1, 0.15) is 18.9 Å². The molecule has 3 aromatic carbocycles. The third-order valence-corrected chi connectivity index (χ3v) is 5.47. The molecule has 0 aliphatic carbocycles. The van der Waals surface area contributed by atoms with Crippen molar-refractivity contribution in [2.45, 2.75) is 13.3 Å². The number of imide groups is 1. The largest absolute Gasteiger partial charge is 0.497 e. The molecule has 168 valence electrons. The molecule has 0 atom stereocenters. The number of nitrogens with zero attached hydrogens (tertiary/aromatic N) is 2. The van der Waals surface area contributed by atoms with E-state index in [4.69, 9.17) is 9.47 Å². The fourth-order valence-electron chi connectivity index (χ4n) is 3.79. The second kappa shape index (κ2) is 9.61. The first-order valence-corrected chi connectivity index (χ1v) is 10.8. The van der Waals surface area contributed by atoms with Gasteiger partial charge < -0.3 is 14.4 Å². The van der Waals surface area contributed by atoms with E-state index in [2.05, 4.69) is 0 Å². The molecule has 4 rings (SSSR count). The predicted molar refractivity (Wildman–Crippen MR) is 129 cm³/mol. The van der Waals surface area contributed by atoms with Gasteiger partial charge in [-0.3, -0.25) is 9.59 Å².